The molecule has 1 heterocycles. The van der Waals surface area contributed by atoms with Crippen molar-refractivity contribution in [2.45, 2.75) is 32.1 Å². The molecule has 1 saturated carbocycles. The van der Waals surface area contributed by atoms with E-state index in [4.69, 9.17) is 9.57 Å². The van der Waals surface area contributed by atoms with Crippen LogP contribution >= 0.6 is 0 Å². The molecule has 1 aliphatic heterocycles. The molecule has 0 spiro atoms. The van der Waals surface area contributed by atoms with E-state index in [2.05, 4.69) is 0 Å². The second kappa shape index (κ2) is 6.12. The Labute approximate surface area is 134 Å². The van der Waals surface area contributed by atoms with Crippen molar-refractivity contribution in [3.8, 4) is 0 Å². The van der Waals surface area contributed by atoms with Crippen molar-refractivity contribution < 1.29 is 24.0 Å². The smallest absolute Gasteiger partial charge is 0.341 e. The first kappa shape index (κ1) is 15.7. The maximum absolute atomic E-state index is 12.7. The van der Waals surface area contributed by atoms with E-state index < -0.39 is 23.2 Å². The van der Waals surface area contributed by atoms with Crippen LogP contribution in [0.3, 0.4) is 0 Å². The number of carbonyl (C=O) groups is 3. The second-order valence-electron chi connectivity index (χ2n) is 6.10. The first-order chi connectivity index (χ1) is 11.1. The third-order valence-corrected chi connectivity index (χ3v) is 4.60. The van der Waals surface area contributed by atoms with Crippen molar-refractivity contribution in [2.75, 3.05) is 13.7 Å². The van der Waals surface area contributed by atoms with Crippen LogP contribution in [0.1, 0.15) is 52.8 Å². The number of rotatable bonds is 4. The van der Waals surface area contributed by atoms with Crippen molar-refractivity contribution in [2.24, 2.45) is 5.41 Å². The lowest BCUT2D eigenvalue weighted by Gasteiger charge is -2.34. The zero-order valence-electron chi connectivity index (χ0n) is 13.0. The summed E-state index contributed by atoms with van der Waals surface area (Å²) in [6.07, 6.45) is 4.15. The molecule has 3 rings (SSSR count). The first-order valence-electron chi connectivity index (χ1n) is 7.78. The number of hydrogen-bond donors (Lipinski definition) is 0. The fourth-order valence-electron chi connectivity index (χ4n) is 3.34. The minimum Gasteiger partial charge on any atom is -0.384 e. The van der Waals surface area contributed by atoms with E-state index in [9.17, 15) is 14.4 Å². The first-order valence-corrected chi connectivity index (χ1v) is 7.78. The van der Waals surface area contributed by atoms with Gasteiger partial charge in [0, 0.05) is 7.11 Å². The zero-order chi connectivity index (χ0) is 16.4. The average molecular weight is 317 g/mol. The highest BCUT2D eigenvalue weighted by Crippen LogP contribution is 2.38. The van der Waals surface area contributed by atoms with Crippen LogP contribution in [0.2, 0.25) is 0 Å². The SMILES string of the molecule is COCC1(C(=O)ON2C(=O)c3ccccc3C2=O)CCCCC1. The van der Waals surface area contributed by atoms with Gasteiger partial charge in [0.15, 0.2) is 0 Å². The van der Waals surface area contributed by atoms with Crippen LogP contribution in [0, 0.1) is 5.41 Å². The lowest BCUT2D eigenvalue weighted by Crippen LogP contribution is -2.44. The molecule has 0 bridgehead atoms. The summed E-state index contributed by atoms with van der Waals surface area (Å²) in [5.41, 5.74) is -0.257. The Morgan fingerprint density at radius 3 is 2.17 bits per heavy atom. The van der Waals surface area contributed by atoms with Crippen molar-refractivity contribution in [3.63, 3.8) is 0 Å². The zero-order valence-corrected chi connectivity index (χ0v) is 13.0. The average Bonchev–Trinajstić information content (AvgIpc) is 2.81. The summed E-state index contributed by atoms with van der Waals surface area (Å²) in [4.78, 5) is 42.5. The normalized spacial score (nSPS) is 19.6. The van der Waals surface area contributed by atoms with Crippen LogP contribution in [0.5, 0.6) is 0 Å². The molecule has 1 aromatic rings. The number of ether oxygens (including phenoxy) is 1. The van der Waals surface area contributed by atoms with E-state index in [1.807, 2.05) is 0 Å². The number of nitrogens with zero attached hydrogens (tertiary/aromatic N) is 1. The Morgan fingerprint density at radius 1 is 1.09 bits per heavy atom. The Hall–Kier alpha value is -2.21. The summed E-state index contributed by atoms with van der Waals surface area (Å²) in [5, 5.41) is 0.582. The van der Waals surface area contributed by atoms with E-state index in [1.54, 1.807) is 24.3 Å². The fraction of sp³-hybridized carbons (Fsp3) is 0.471. The van der Waals surface area contributed by atoms with E-state index in [0.717, 1.165) is 19.3 Å². The summed E-state index contributed by atoms with van der Waals surface area (Å²) in [6, 6.07) is 6.44. The molecule has 0 aromatic heterocycles. The molecule has 122 valence electrons. The highest BCUT2D eigenvalue weighted by atomic mass is 16.7. The highest BCUT2D eigenvalue weighted by molar-refractivity contribution is 6.20. The summed E-state index contributed by atoms with van der Waals surface area (Å²) >= 11 is 0. The van der Waals surface area contributed by atoms with Crippen LogP contribution in [0.15, 0.2) is 24.3 Å². The molecule has 1 fully saturated rings. The maximum Gasteiger partial charge on any atom is 0.341 e. The van der Waals surface area contributed by atoms with E-state index in [1.165, 1.54) is 7.11 Å². The number of carbonyl (C=O) groups excluding carboxylic acids is 3. The van der Waals surface area contributed by atoms with Crippen molar-refractivity contribution in [1.29, 1.82) is 0 Å². The van der Waals surface area contributed by atoms with Gasteiger partial charge in [0.25, 0.3) is 11.8 Å². The molecule has 1 aromatic carbocycles. The summed E-state index contributed by atoms with van der Waals surface area (Å²) in [5.74, 6) is -1.75. The standard InChI is InChI=1S/C17H19NO5/c1-22-11-17(9-5-2-6-10-17)16(21)23-18-14(19)12-7-3-4-8-13(12)15(18)20/h3-4,7-8H,2,5-6,9-11H2,1H3. The fourth-order valence-corrected chi connectivity index (χ4v) is 3.34. The highest BCUT2D eigenvalue weighted by Gasteiger charge is 2.46. The van der Waals surface area contributed by atoms with Crippen LogP contribution in [-0.2, 0) is 14.4 Å². The van der Waals surface area contributed by atoms with Gasteiger partial charge < -0.3 is 9.57 Å². The molecular weight excluding hydrogens is 298 g/mol. The third kappa shape index (κ3) is 2.63. The van der Waals surface area contributed by atoms with Crippen molar-refractivity contribution in [3.05, 3.63) is 35.4 Å². The number of hydroxylamine groups is 2. The molecule has 0 radical (unpaired) electrons. The predicted molar refractivity (Wildman–Crippen MR) is 80.4 cm³/mol. The quantitative estimate of drug-likeness (QED) is 0.797. The molecule has 0 atom stereocenters. The van der Waals surface area contributed by atoms with Gasteiger partial charge in [0.2, 0.25) is 0 Å². The Morgan fingerprint density at radius 2 is 1.65 bits per heavy atom. The second-order valence-corrected chi connectivity index (χ2v) is 6.10. The van der Waals surface area contributed by atoms with Gasteiger partial charge in [-0.1, -0.05) is 36.5 Å². The maximum atomic E-state index is 12.7. The summed E-state index contributed by atoms with van der Waals surface area (Å²) in [7, 11) is 1.53. The van der Waals surface area contributed by atoms with Gasteiger partial charge >= 0.3 is 5.97 Å². The van der Waals surface area contributed by atoms with Crippen molar-refractivity contribution in [1.82, 2.24) is 5.06 Å². The van der Waals surface area contributed by atoms with Crippen LogP contribution in [0.25, 0.3) is 0 Å². The summed E-state index contributed by atoms with van der Waals surface area (Å²) in [6.45, 7) is 0.231. The van der Waals surface area contributed by atoms with Gasteiger partial charge in [-0.25, -0.2) is 4.79 Å². The molecule has 0 unspecified atom stereocenters. The molecule has 6 heteroatoms. The molecular formula is C17H19NO5. The molecule has 6 nitrogen and oxygen atoms in total. The van der Waals surface area contributed by atoms with E-state index >= 15 is 0 Å². The molecule has 2 amide bonds. The number of methoxy groups -OCH3 is 1. The number of benzene rings is 1. The molecule has 1 aliphatic carbocycles. The molecule has 2 aliphatic rings. The molecule has 23 heavy (non-hydrogen) atoms. The lowest BCUT2D eigenvalue weighted by atomic mass is 9.75. The molecule has 0 N–H and O–H groups in total. The van der Waals surface area contributed by atoms with Gasteiger partial charge in [-0.05, 0) is 25.0 Å². The monoisotopic (exact) mass is 317 g/mol. The van der Waals surface area contributed by atoms with Crippen LogP contribution in [0.4, 0.5) is 0 Å². The van der Waals surface area contributed by atoms with Gasteiger partial charge in [-0.15, -0.1) is 0 Å². The number of fused-ring (bicyclic) bond motifs is 1. The van der Waals surface area contributed by atoms with E-state index in [-0.39, 0.29) is 17.7 Å². The number of hydrogen-bond acceptors (Lipinski definition) is 5. The van der Waals surface area contributed by atoms with Crippen molar-refractivity contribution >= 4 is 17.8 Å². The topological polar surface area (TPSA) is 72.9 Å². The third-order valence-electron chi connectivity index (χ3n) is 4.60. The molecule has 0 saturated heterocycles. The van der Waals surface area contributed by atoms with Gasteiger partial charge in [-0.3, -0.25) is 9.59 Å². The predicted octanol–water partition coefficient (Wildman–Crippen LogP) is 2.34. The minimum atomic E-state index is -0.775. The Kier molecular flexibility index (Phi) is 4.17. The lowest BCUT2D eigenvalue weighted by molar-refractivity contribution is -0.187. The number of amides is 2. The Bertz CT molecular complexity index is 608. The van der Waals surface area contributed by atoms with Crippen LogP contribution in [-0.4, -0.2) is 36.6 Å². The van der Waals surface area contributed by atoms with E-state index in [0.29, 0.717) is 17.9 Å². The van der Waals surface area contributed by atoms with Gasteiger partial charge in [0.1, 0.15) is 0 Å². The Balaban J connectivity index is 1.80. The van der Waals surface area contributed by atoms with Gasteiger partial charge in [-0.2, -0.15) is 0 Å². The van der Waals surface area contributed by atoms with Crippen LogP contribution < -0.4 is 0 Å². The largest absolute Gasteiger partial charge is 0.384 e. The summed E-state index contributed by atoms with van der Waals surface area (Å²) < 4.78 is 5.20. The van der Waals surface area contributed by atoms with Gasteiger partial charge in [0.05, 0.1) is 23.1 Å². The number of imide groups is 1. The minimum absolute atomic E-state index is 0.231.